The molecule has 2 rings (SSSR count). The van der Waals surface area contributed by atoms with Crippen molar-refractivity contribution in [2.75, 3.05) is 32.5 Å². The molecular formula is C16H26N2O2. The zero-order valence-electron chi connectivity index (χ0n) is 12.6. The first kappa shape index (κ1) is 15.0. The zero-order valence-corrected chi connectivity index (χ0v) is 12.6. The van der Waals surface area contributed by atoms with Crippen molar-refractivity contribution in [2.45, 2.75) is 38.6 Å². The second kappa shape index (κ2) is 7.39. The highest BCUT2D eigenvalue weighted by Crippen LogP contribution is 2.27. The summed E-state index contributed by atoms with van der Waals surface area (Å²) in [5.41, 5.74) is 6.57. The number of nitrogens with two attached hydrogens (primary N) is 1. The van der Waals surface area contributed by atoms with Crippen molar-refractivity contribution in [3.63, 3.8) is 0 Å². The molecule has 20 heavy (non-hydrogen) atoms. The van der Waals surface area contributed by atoms with Crippen LogP contribution in [0.5, 0.6) is 11.5 Å². The van der Waals surface area contributed by atoms with E-state index in [2.05, 4.69) is 18.9 Å². The number of benzene rings is 1. The minimum absolute atomic E-state index is 0.515. The van der Waals surface area contributed by atoms with E-state index in [1.807, 2.05) is 18.2 Å². The average Bonchev–Trinajstić information content (AvgIpc) is 2.46. The topological polar surface area (TPSA) is 47.7 Å². The Morgan fingerprint density at radius 2 is 2.15 bits per heavy atom. The predicted molar refractivity (Wildman–Crippen MR) is 82.4 cm³/mol. The first-order valence-corrected chi connectivity index (χ1v) is 7.56. The molecular weight excluding hydrogens is 252 g/mol. The molecule has 0 bridgehead atoms. The minimum Gasteiger partial charge on any atom is -0.492 e. The number of anilines is 1. The maximum Gasteiger partial charge on any atom is 0.145 e. The second-order valence-electron chi connectivity index (χ2n) is 5.49. The lowest BCUT2D eigenvalue weighted by molar-refractivity contribution is 0.125. The maximum atomic E-state index is 5.91. The van der Waals surface area contributed by atoms with Crippen LogP contribution in [0.2, 0.25) is 0 Å². The number of piperidine rings is 1. The summed E-state index contributed by atoms with van der Waals surface area (Å²) < 4.78 is 11.5. The van der Waals surface area contributed by atoms with Crippen molar-refractivity contribution in [3.05, 3.63) is 18.2 Å². The molecule has 1 unspecified atom stereocenters. The van der Waals surface area contributed by atoms with Crippen LogP contribution in [0.15, 0.2) is 18.2 Å². The van der Waals surface area contributed by atoms with E-state index < -0.39 is 0 Å². The molecule has 1 fully saturated rings. The third-order valence-corrected chi connectivity index (χ3v) is 3.81. The van der Waals surface area contributed by atoms with Crippen LogP contribution in [0, 0.1) is 0 Å². The Bertz CT molecular complexity index is 423. The molecule has 0 aromatic heterocycles. The number of hydrogen-bond donors (Lipinski definition) is 1. The van der Waals surface area contributed by atoms with Crippen LogP contribution in [0.3, 0.4) is 0 Å². The van der Waals surface area contributed by atoms with Crippen molar-refractivity contribution in [2.24, 2.45) is 0 Å². The monoisotopic (exact) mass is 278 g/mol. The number of hydrogen-bond acceptors (Lipinski definition) is 4. The number of rotatable bonds is 6. The molecule has 1 aliphatic rings. The fourth-order valence-electron chi connectivity index (χ4n) is 2.49. The molecule has 0 saturated carbocycles. The SMILES string of the molecule is CCCOc1cc(OCC2CCCCN2C)ccc1N. The van der Waals surface area contributed by atoms with Crippen molar-refractivity contribution in [1.82, 2.24) is 4.90 Å². The first-order chi connectivity index (χ1) is 9.70. The highest BCUT2D eigenvalue weighted by Gasteiger charge is 2.19. The normalized spacial score (nSPS) is 19.8. The highest BCUT2D eigenvalue weighted by molar-refractivity contribution is 5.55. The smallest absolute Gasteiger partial charge is 0.145 e. The van der Waals surface area contributed by atoms with Gasteiger partial charge in [-0.15, -0.1) is 0 Å². The average molecular weight is 278 g/mol. The van der Waals surface area contributed by atoms with Gasteiger partial charge in [-0.3, -0.25) is 0 Å². The molecule has 1 saturated heterocycles. The third kappa shape index (κ3) is 4.04. The minimum atomic E-state index is 0.515. The molecule has 1 heterocycles. The Morgan fingerprint density at radius 1 is 1.30 bits per heavy atom. The Morgan fingerprint density at radius 3 is 2.90 bits per heavy atom. The van der Waals surface area contributed by atoms with E-state index in [4.69, 9.17) is 15.2 Å². The summed E-state index contributed by atoms with van der Waals surface area (Å²) in [4.78, 5) is 2.38. The molecule has 1 aliphatic heterocycles. The van der Waals surface area contributed by atoms with E-state index in [1.54, 1.807) is 0 Å². The van der Waals surface area contributed by atoms with Gasteiger partial charge < -0.3 is 20.1 Å². The summed E-state index contributed by atoms with van der Waals surface area (Å²) in [7, 11) is 2.17. The second-order valence-corrected chi connectivity index (χ2v) is 5.49. The molecule has 112 valence electrons. The Balaban J connectivity index is 1.91. The van der Waals surface area contributed by atoms with Crippen molar-refractivity contribution in [1.29, 1.82) is 0 Å². The van der Waals surface area contributed by atoms with Gasteiger partial charge in [-0.2, -0.15) is 0 Å². The summed E-state index contributed by atoms with van der Waals surface area (Å²) in [5, 5.41) is 0. The van der Waals surface area contributed by atoms with Crippen LogP contribution in [0.25, 0.3) is 0 Å². The van der Waals surface area contributed by atoms with E-state index in [0.717, 1.165) is 24.5 Å². The van der Waals surface area contributed by atoms with Gasteiger partial charge in [0.1, 0.15) is 18.1 Å². The van der Waals surface area contributed by atoms with Gasteiger partial charge in [0.05, 0.1) is 12.3 Å². The van der Waals surface area contributed by atoms with E-state index in [1.165, 1.54) is 25.8 Å². The Hall–Kier alpha value is -1.42. The van der Waals surface area contributed by atoms with Gasteiger partial charge in [-0.25, -0.2) is 0 Å². The van der Waals surface area contributed by atoms with Crippen LogP contribution in [0.4, 0.5) is 5.69 Å². The van der Waals surface area contributed by atoms with Crippen LogP contribution in [-0.4, -0.2) is 37.7 Å². The standard InChI is InChI=1S/C16H26N2O2/c1-3-10-19-16-11-14(7-8-15(16)17)20-12-13-6-4-5-9-18(13)2/h7-8,11,13H,3-6,9-10,12,17H2,1-2H3. The third-order valence-electron chi connectivity index (χ3n) is 3.81. The van der Waals surface area contributed by atoms with Gasteiger partial charge in [0.25, 0.3) is 0 Å². The lowest BCUT2D eigenvalue weighted by Gasteiger charge is -2.32. The van der Waals surface area contributed by atoms with Gasteiger partial charge in [0.15, 0.2) is 0 Å². The van der Waals surface area contributed by atoms with E-state index in [-0.39, 0.29) is 0 Å². The number of nitrogen functional groups attached to an aromatic ring is 1. The van der Waals surface area contributed by atoms with E-state index >= 15 is 0 Å². The number of nitrogens with zero attached hydrogens (tertiary/aromatic N) is 1. The summed E-state index contributed by atoms with van der Waals surface area (Å²) in [6, 6.07) is 6.18. The van der Waals surface area contributed by atoms with Gasteiger partial charge in [-0.1, -0.05) is 13.3 Å². The lowest BCUT2D eigenvalue weighted by atomic mass is 10.0. The molecule has 0 aliphatic carbocycles. The summed E-state index contributed by atoms with van der Waals surface area (Å²) in [6.45, 7) is 4.66. The van der Waals surface area contributed by atoms with Gasteiger partial charge in [0, 0.05) is 12.1 Å². The van der Waals surface area contributed by atoms with Crippen LogP contribution in [-0.2, 0) is 0 Å². The van der Waals surface area contributed by atoms with Crippen molar-refractivity contribution >= 4 is 5.69 Å². The maximum absolute atomic E-state index is 5.91. The molecule has 0 radical (unpaired) electrons. The summed E-state index contributed by atoms with van der Waals surface area (Å²) in [5.74, 6) is 1.56. The number of likely N-dealkylation sites (N-methyl/N-ethyl adjacent to an activating group) is 1. The Labute approximate surface area is 121 Å². The zero-order chi connectivity index (χ0) is 14.4. The van der Waals surface area contributed by atoms with Crippen molar-refractivity contribution in [3.8, 4) is 11.5 Å². The molecule has 1 aromatic rings. The fourth-order valence-corrected chi connectivity index (χ4v) is 2.49. The molecule has 0 spiro atoms. The molecule has 4 heteroatoms. The van der Waals surface area contributed by atoms with E-state index in [9.17, 15) is 0 Å². The van der Waals surface area contributed by atoms with Gasteiger partial charge >= 0.3 is 0 Å². The van der Waals surface area contributed by atoms with Crippen LogP contribution in [0.1, 0.15) is 32.6 Å². The van der Waals surface area contributed by atoms with Gasteiger partial charge in [0.2, 0.25) is 0 Å². The molecule has 4 nitrogen and oxygen atoms in total. The van der Waals surface area contributed by atoms with Crippen molar-refractivity contribution < 1.29 is 9.47 Å². The molecule has 1 aromatic carbocycles. The van der Waals surface area contributed by atoms with E-state index in [0.29, 0.717) is 18.3 Å². The highest BCUT2D eigenvalue weighted by atomic mass is 16.5. The number of ether oxygens (including phenoxy) is 2. The fraction of sp³-hybridized carbons (Fsp3) is 0.625. The number of likely N-dealkylation sites (tertiary alicyclic amines) is 1. The summed E-state index contributed by atoms with van der Waals surface area (Å²) >= 11 is 0. The summed E-state index contributed by atoms with van der Waals surface area (Å²) in [6.07, 6.45) is 4.77. The molecule has 1 atom stereocenters. The predicted octanol–water partition coefficient (Wildman–Crippen LogP) is 2.92. The molecule has 2 N–H and O–H groups in total. The first-order valence-electron chi connectivity index (χ1n) is 7.56. The lowest BCUT2D eigenvalue weighted by Crippen LogP contribution is -2.40. The van der Waals surface area contributed by atoms with Crippen LogP contribution < -0.4 is 15.2 Å². The van der Waals surface area contributed by atoms with Gasteiger partial charge in [-0.05, 0) is 45.0 Å². The van der Waals surface area contributed by atoms with Crippen LogP contribution >= 0.6 is 0 Å². The molecule has 0 amide bonds. The Kier molecular flexibility index (Phi) is 5.53. The quantitative estimate of drug-likeness (QED) is 0.813. The largest absolute Gasteiger partial charge is 0.492 e.